The third kappa shape index (κ3) is 4.58. The van der Waals surface area contributed by atoms with Crippen LogP contribution in [0.1, 0.15) is 15.9 Å². The smallest absolute Gasteiger partial charge is 0.255 e. The lowest BCUT2D eigenvalue weighted by molar-refractivity contribution is 0.0784. The van der Waals surface area contributed by atoms with Gasteiger partial charge < -0.3 is 10.2 Å². The predicted octanol–water partition coefficient (Wildman–Crippen LogP) is 4.75. The standard InChI is InChI=1S/C20H18ClN3O/c1-24(14-15-6-3-2-4-7-15)20(25)16-10-19(13-22-12-16)23-18-9-5-8-17(21)11-18/h2-13,23H,14H2,1H3. The Labute approximate surface area is 152 Å². The molecule has 0 bridgehead atoms. The molecule has 2 aromatic carbocycles. The van der Waals surface area contributed by atoms with Crippen molar-refractivity contribution in [1.82, 2.24) is 9.88 Å². The van der Waals surface area contributed by atoms with E-state index in [4.69, 9.17) is 11.6 Å². The molecule has 3 aromatic rings. The van der Waals surface area contributed by atoms with Gasteiger partial charge in [-0.2, -0.15) is 0 Å². The van der Waals surface area contributed by atoms with Crippen molar-refractivity contribution in [2.24, 2.45) is 0 Å². The summed E-state index contributed by atoms with van der Waals surface area (Å²) in [4.78, 5) is 18.5. The topological polar surface area (TPSA) is 45.2 Å². The Morgan fingerprint density at radius 1 is 1.04 bits per heavy atom. The van der Waals surface area contributed by atoms with Crippen molar-refractivity contribution in [1.29, 1.82) is 0 Å². The van der Waals surface area contributed by atoms with Crippen LogP contribution in [0.15, 0.2) is 73.1 Å². The van der Waals surface area contributed by atoms with E-state index in [0.717, 1.165) is 16.9 Å². The average Bonchev–Trinajstić information content (AvgIpc) is 2.62. The number of rotatable bonds is 5. The fraction of sp³-hybridized carbons (Fsp3) is 0.100. The summed E-state index contributed by atoms with van der Waals surface area (Å²) >= 11 is 5.99. The fourth-order valence-electron chi connectivity index (χ4n) is 2.51. The molecule has 1 heterocycles. The normalized spacial score (nSPS) is 10.3. The van der Waals surface area contributed by atoms with Crippen molar-refractivity contribution in [2.45, 2.75) is 6.54 Å². The summed E-state index contributed by atoms with van der Waals surface area (Å²) in [5.41, 5.74) is 3.20. The second-order valence-corrected chi connectivity index (χ2v) is 6.18. The van der Waals surface area contributed by atoms with Crippen LogP contribution in [0, 0.1) is 0 Å². The zero-order valence-electron chi connectivity index (χ0n) is 13.8. The number of amides is 1. The van der Waals surface area contributed by atoms with Gasteiger partial charge in [-0.25, -0.2) is 0 Å². The van der Waals surface area contributed by atoms with Crippen molar-refractivity contribution in [2.75, 3.05) is 12.4 Å². The number of benzene rings is 2. The molecule has 1 N–H and O–H groups in total. The first-order valence-electron chi connectivity index (χ1n) is 7.89. The van der Waals surface area contributed by atoms with Gasteiger partial charge in [-0.15, -0.1) is 0 Å². The van der Waals surface area contributed by atoms with Crippen molar-refractivity contribution in [3.63, 3.8) is 0 Å². The van der Waals surface area contributed by atoms with Crippen LogP contribution in [0.25, 0.3) is 0 Å². The van der Waals surface area contributed by atoms with Crippen LogP contribution in [-0.4, -0.2) is 22.8 Å². The number of aromatic nitrogens is 1. The lowest BCUT2D eigenvalue weighted by Crippen LogP contribution is -2.26. The number of carbonyl (C=O) groups is 1. The van der Waals surface area contributed by atoms with Gasteiger partial charge in [0, 0.05) is 30.5 Å². The molecule has 1 aromatic heterocycles. The minimum Gasteiger partial charge on any atom is -0.354 e. The highest BCUT2D eigenvalue weighted by molar-refractivity contribution is 6.30. The summed E-state index contributed by atoms with van der Waals surface area (Å²) in [6, 6.07) is 19.1. The van der Waals surface area contributed by atoms with E-state index in [9.17, 15) is 4.79 Å². The summed E-state index contributed by atoms with van der Waals surface area (Å²) in [6.07, 6.45) is 3.25. The number of nitrogens with one attached hydrogen (secondary N) is 1. The molecule has 0 aliphatic rings. The molecule has 0 aliphatic carbocycles. The summed E-state index contributed by atoms with van der Waals surface area (Å²) < 4.78 is 0. The Bertz CT molecular complexity index is 868. The molecule has 0 saturated heterocycles. The maximum absolute atomic E-state index is 12.6. The van der Waals surface area contributed by atoms with Gasteiger partial charge in [0.1, 0.15) is 0 Å². The van der Waals surface area contributed by atoms with Gasteiger partial charge in [-0.1, -0.05) is 48.0 Å². The Hall–Kier alpha value is -2.85. The number of hydrogen-bond donors (Lipinski definition) is 1. The quantitative estimate of drug-likeness (QED) is 0.721. The third-order valence-corrected chi connectivity index (χ3v) is 3.94. The van der Waals surface area contributed by atoms with E-state index < -0.39 is 0 Å². The molecular weight excluding hydrogens is 334 g/mol. The lowest BCUT2D eigenvalue weighted by atomic mass is 10.2. The Kier molecular flexibility index (Phi) is 5.31. The first-order chi connectivity index (χ1) is 12.1. The van der Waals surface area contributed by atoms with E-state index in [0.29, 0.717) is 17.1 Å². The molecule has 4 nitrogen and oxygen atoms in total. The monoisotopic (exact) mass is 351 g/mol. The fourth-order valence-corrected chi connectivity index (χ4v) is 2.70. The van der Waals surface area contributed by atoms with Crippen LogP contribution >= 0.6 is 11.6 Å². The highest BCUT2D eigenvalue weighted by Gasteiger charge is 2.13. The van der Waals surface area contributed by atoms with Crippen molar-refractivity contribution in [3.05, 3.63) is 89.2 Å². The number of hydrogen-bond acceptors (Lipinski definition) is 3. The van der Waals surface area contributed by atoms with E-state index in [1.54, 1.807) is 30.4 Å². The van der Waals surface area contributed by atoms with Crippen LogP contribution in [0.4, 0.5) is 11.4 Å². The van der Waals surface area contributed by atoms with Gasteiger partial charge in [0.2, 0.25) is 0 Å². The van der Waals surface area contributed by atoms with Crippen LogP contribution in [0.2, 0.25) is 5.02 Å². The van der Waals surface area contributed by atoms with Gasteiger partial charge in [0.05, 0.1) is 17.4 Å². The average molecular weight is 352 g/mol. The molecule has 126 valence electrons. The summed E-state index contributed by atoms with van der Waals surface area (Å²) in [6.45, 7) is 0.547. The molecule has 3 rings (SSSR count). The Morgan fingerprint density at radius 2 is 1.84 bits per heavy atom. The molecule has 25 heavy (non-hydrogen) atoms. The maximum Gasteiger partial charge on any atom is 0.255 e. The second kappa shape index (κ2) is 7.81. The predicted molar refractivity (Wildman–Crippen MR) is 101 cm³/mol. The second-order valence-electron chi connectivity index (χ2n) is 5.74. The van der Waals surface area contributed by atoms with E-state index in [-0.39, 0.29) is 5.91 Å². The zero-order valence-corrected chi connectivity index (χ0v) is 14.6. The SMILES string of the molecule is CN(Cc1ccccc1)C(=O)c1cncc(Nc2cccc(Cl)c2)c1. The van der Waals surface area contributed by atoms with E-state index in [1.807, 2.05) is 54.6 Å². The largest absolute Gasteiger partial charge is 0.354 e. The zero-order chi connectivity index (χ0) is 17.6. The Balaban J connectivity index is 1.73. The van der Waals surface area contributed by atoms with Gasteiger partial charge in [-0.3, -0.25) is 9.78 Å². The van der Waals surface area contributed by atoms with Crippen LogP contribution in [0.3, 0.4) is 0 Å². The molecule has 0 fully saturated rings. The number of anilines is 2. The molecule has 1 amide bonds. The first kappa shape index (κ1) is 17.0. The Morgan fingerprint density at radius 3 is 2.60 bits per heavy atom. The van der Waals surface area contributed by atoms with Crippen molar-refractivity contribution >= 4 is 28.9 Å². The molecule has 0 atom stereocenters. The molecule has 5 heteroatoms. The molecule has 0 spiro atoms. The van der Waals surface area contributed by atoms with Crippen LogP contribution in [-0.2, 0) is 6.54 Å². The lowest BCUT2D eigenvalue weighted by Gasteiger charge is -2.17. The molecule has 0 aliphatic heterocycles. The van der Waals surface area contributed by atoms with Gasteiger partial charge in [-0.05, 0) is 29.8 Å². The number of pyridine rings is 1. The third-order valence-electron chi connectivity index (χ3n) is 3.71. The highest BCUT2D eigenvalue weighted by Crippen LogP contribution is 2.20. The first-order valence-corrected chi connectivity index (χ1v) is 8.26. The summed E-state index contributed by atoms with van der Waals surface area (Å²) in [5.74, 6) is -0.0777. The summed E-state index contributed by atoms with van der Waals surface area (Å²) in [7, 11) is 1.78. The molecule has 0 radical (unpaired) electrons. The maximum atomic E-state index is 12.6. The summed E-state index contributed by atoms with van der Waals surface area (Å²) in [5, 5.41) is 3.86. The van der Waals surface area contributed by atoms with Crippen LogP contribution < -0.4 is 5.32 Å². The molecule has 0 saturated carbocycles. The van der Waals surface area contributed by atoms with Crippen molar-refractivity contribution < 1.29 is 4.79 Å². The van der Waals surface area contributed by atoms with Gasteiger partial charge in [0.15, 0.2) is 0 Å². The molecular formula is C20H18ClN3O. The van der Waals surface area contributed by atoms with E-state index >= 15 is 0 Å². The van der Waals surface area contributed by atoms with E-state index in [1.165, 1.54) is 0 Å². The number of nitrogens with zero attached hydrogens (tertiary/aromatic N) is 2. The highest BCUT2D eigenvalue weighted by atomic mass is 35.5. The minimum atomic E-state index is -0.0777. The van der Waals surface area contributed by atoms with Gasteiger partial charge in [0.25, 0.3) is 5.91 Å². The van der Waals surface area contributed by atoms with Crippen LogP contribution in [0.5, 0.6) is 0 Å². The van der Waals surface area contributed by atoms with E-state index in [2.05, 4.69) is 10.3 Å². The number of halogens is 1. The number of carbonyl (C=O) groups excluding carboxylic acids is 1. The van der Waals surface area contributed by atoms with Gasteiger partial charge >= 0.3 is 0 Å². The molecule has 0 unspecified atom stereocenters. The van der Waals surface area contributed by atoms with Crippen molar-refractivity contribution in [3.8, 4) is 0 Å². The minimum absolute atomic E-state index is 0.0777.